The van der Waals surface area contributed by atoms with E-state index in [4.69, 9.17) is 16.3 Å². The number of halogens is 2. The lowest BCUT2D eigenvalue weighted by Crippen LogP contribution is -2.48. The molecular weight excluding hydrogens is 487 g/mol. The first-order valence-electron chi connectivity index (χ1n) is 11.6. The molecule has 1 aromatic heterocycles. The monoisotopic (exact) mass is 514 g/mol. The highest BCUT2D eigenvalue weighted by Crippen LogP contribution is 2.34. The summed E-state index contributed by atoms with van der Waals surface area (Å²) in [6, 6.07) is 14.7. The summed E-state index contributed by atoms with van der Waals surface area (Å²) >= 11 is 7.65. The third-order valence-corrected chi connectivity index (χ3v) is 7.19. The summed E-state index contributed by atoms with van der Waals surface area (Å²) in [5.41, 5.74) is 1.04. The van der Waals surface area contributed by atoms with Crippen LogP contribution in [0.3, 0.4) is 0 Å². The van der Waals surface area contributed by atoms with Crippen LogP contribution in [0.15, 0.2) is 60.0 Å². The summed E-state index contributed by atoms with van der Waals surface area (Å²) in [6.07, 6.45) is 0.752. The van der Waals surface area contributed by atoms with Gasteiger partial charge in [0.1, 0.15) is 24.7 Å². The van der Waals surface area contributed by atoms with E-state index in [9.17, 15) is 14.0 Å². The van der Waals surface area contributed by atoms with Crippen LogP contribution in [0.5, 0.6) is 5.75 Å². The van der Waals surface area contributed by atoms with Crippen LogP contribution in [0.25, 0.3) is 0 Å². The molecule has 3 aromatic rings. The Balaban J connectivity index is 1.54. The average Bonchev–Trinajstić information content (AvgIpc) is 3.32. The Morgan fingerprint density at radius 1 is 1.17 bits per heavy atom. The highest BCUT2D eigenvalue weighted by Gasteiger charge is 2.34. The molecule has 0 saturated carbocycles. The van der Waals surface area contributed by atoms with Crippen molar-refractivity contribution in [3.63, 3.8) is 0 Å². The van der Waals surface area contributed by atoms with Gasteiger partial charge in [0.15, 0.2) is 0 Å². The molecule has 35 heavy (non-hydrogen) atoms. The van der Waals surface area contributed by atoms with Gasteiger partial charge in [0.25, 0.3) is 5.91 Å². The fourth-order valence-corrected chi connectivity index (χ4v) is 5.35. The number of rotatable bonds is 8. The maximum Gasteiger partial charge on any atom is 0.257 e. The number of ether oxygens (including phenoxy) is 1. The van der Waals surface area contributed by atoms with Crippen LogP contribution < -0.4 is 4.74 Å². The van der Waals surface area contributed by atoms with Gasteiger partial charge in [0, 0.05) is 23.0 Å². The Labute approximate surface area is 214 Å². The number of nitrogens with zero attached hydrogens (tertiary/aromatic N) is 2. The quantitative estimate of drug-likeness (QED) is 0.379. The Bertz CT molecular complexity index is 1180. The van der Waals surface area contributed by atoms with Crippen molar-refractivity contribution in [3.05, 3.63) is 86.8 Å². The number of thiophene rings is 1. The number of carbonyl (C=O) groups is 2. The van der Waals surface area contributed by atoms with E-state index in [0.717, 1.165) is 12.0 Å². The van der Waals surface area contributed by atoms with Crippen LogP contribution in [0.4, 0.5) is 4.39 Å². The summed E-state index contributed by atoms with van der Waals surface area (Å²) in [5.74, 6) is -0.467. The van der Waals surface area contributed by atoms with Gasteiger partial charge < -0.3 is 14.5 Å². The van der Waals surface area contributed by atoms with E-state index in [-0.39, 0.29) is 36.6 Å². The Hall–Kier alpha value is -2.90. The smallest absolute Gasteiger partial charge is 0.257 e. The second-order valence-electron chi connectivity index (χ2n) is 8.98. The largest absolute Gasteiger partial charge is 0.491 e. The molecule has 0 unspecified atom stereocenters. The number of carbonyl (C=O) groups excluding carboxylic acids is 2. The summed E-state index contributed by atoms with van der Waals surface area (Å²) in [5, 5.41) is 2.65. The Morgan fingerprint density at radius 3 is 2.63 bits per heavy atom. The van der Waals surface area contributed by atoms with Crippen molar-refractivity contribution in [2.24, 2.45) is 5.92 Å². The van der Waals surface area contributed by atoms with Gasteiger partial charge in [0.2, 0.25) is 5.91 Å². The van der Waals surface area contributed by atoms with E-state index in [1.54, 1.807) is 52.6 Å². The van der Waals surface area contributed by atoms with Crippen LogP contribution in [0, 0.1) is 11.7 Å². The van der Waals surface area contributed by atoms with Gasteiger partial charge in [-0.25, -0.2) is 4.39 Å². The van der Waals surface area contributed by atoms with Crippen molar-refractivity contribution in [2.45, 2.75) is 26.3 Å². The molecule has 2 amide bonds. The van der Waals surface area contributed by atoms with Gasteiger partial charge in [-0.05, 0) is 65.7 Å². The first kappa shape index (κ1) is 25.2. The molecule has 184 valence electrons. The van der Waals surface area contributed by atoms with Crippen molar-refractivity contribution in [2.75, 3.05) is 26.2 Å². The second-order valence-corrected chi connectivity index (χ2v) is 10.4. The number of amides is 2. The van der Waals surface area contributed by atoms with Crippen LogP contribution in [-0.2, 0) is 11.2 Å². The fraction of sp³-hybridized carbons (Fsp3) is 0.333. The molecule has 0 radical (unpaired) electrons. The van der Waals surface area contributed by atoms with E-state index >= 15 is 0 Å². The van der Waals surface area contributed by atoms with Gasteiger partial charge in [-0.1, -0.05) is 37.6 Å². The highest BCUT2D eigenvalue weighted by atomic mass is 35.5. The van der Waals surface area contributed by atoms with E-state index in [0.29, 0.717) is 23.9 Å². The van der Waals surface area contributed by atoms with Crippen molar-refractivity contribution in [3.8, 4) is 5.75 Å². The first-order chi connectivity index (χ1) is 16.8. The molecule has 1 aliphatic heterocycles. The van der Waals surface area contributed by atoms with Crippen LogP contribution in [0.1, 0.15) is 40.7 Å². The second kappa shape index (κ2) is 11.2. The zero-order valence-electron chi connectivity index (χ0n) is 19.7. The lowest BCUT2D eigenvalue weighted by atomic mass is 10.00. The standard InChI is InChI=1S/C27H28ClFN2O3S/c1-18(2)15-30(27(33)21-5-3-4-6-23(21)29)16-26(32)31-13-11-25-22(12-14-35-25)24(31)17-34-20-9-7-19(28)8-10-20/h3-10,12,14,18,24H,11,13,15-17H2,1-2H3/t24-/m0/s1. The van der Waals surface area contributed by atoms with Gasteiger partial charge in [-0.2, -0.15) is 0 Å². The minimum atomic E-state index is -0.589. The maximum absolute atomic E-state index is 14.3. The minimum absolute atomic E-state index is 0.0256. The summed E-state index contributed by atoms with van der Waals surface area (Å²) in [4.78, 5) is 31.2. The van der Waals surface area contributed by atoms with Gasteiger partial charge in [-0.3, -0.25) is 9.59 Å². The van der Waals surface area contributed by atoms with Gasteiger partial charge >= 0.3 is 0 Å². The molecule has 0 fully saturated rings. The summed E-state index contributed by atoms with van der Waals surface area (Å²) < 4.78 is 20.4. The molecule has 0 N–H and O–H groups in total. The van der Waals surface area contributed by atoms with Gasteiger partial charge in [0.05, 0.1) is 11.6 Å². The topological polar surface area (TPSA) is 49.9 Å². The van der Waals surface area contributed by atoms with E-state index in [1.165, 1.54) is 21.9 Å². The molecule has 8 heteroatoms. The van der Waals surface area contributed by atoms with Crippen LogP contribution >= 0.6 is 22.9 Å². The lowest BCUT2D eigenvalue weighted by molar-refractivity contribution is -0.135. The molecule has 5 nitrogen and oxygen atoms in total. The number of fused-ring (bicyclic) bond motifs is 1. The normalized spacial score (nSPS) is 15.1. The van der Waals surface area contributed by atoms with Crippen LogP contribution in [0.2, 0.25) is 5.02 Å². The van der Waals surface area contributed by atoms with E-state index < -0.39 is 11.7 Å². The zero-order valence-corrected chi connectivity index (χ0v) is 21.3. The maximum atomic E-state index is 14.3. The first-order valence-corrected chi connectivity index (χ1v) is 12.9. The van der Waals surface area contributed by atoms with Gasteiger partial charge in [-0.15, -0.1) is 11.3 Å². The molecule has 1 atom stereocenters. The zero-order chi connectivity index (χ0) is 24.9. The van der Waals surface area contributed by atoms with Crippen molar-refractivity contribution in [1.29, 1.82) is 0 Å². The number of hydrogen-bond donors (Lipinski definition) is 0. The number of hydrogen-bond acceptors (Lipinski definition) is 4. The lowest BCUT2D eigenvalue weighted by Gasteiger charge is -2.37. The minimum Gasteiger partial charge on any atom is -0.491 e. The van der Waals surface area contributed by atoms with Crippen molar-refractivity contribution < 1.29 is 18.7 Å². The molecule has 0 aliphatic carbocycles. The van der Waals surface area contributed by atoms with Crippen molar-refractivity contribution >= 4 is 34.8 Å². The molecule has 2 heterocycles. The fourth-order valence-electron chi connectivity index (χ4n) is 4.30. The summed E-state index contributed by atoms with van der Waals surface area (Å²) in [6.45, 7) is 4.97. The Kier molecular flexibility index (Phi) is 8.08. The third-order valence-electron chi connectivity index (χ3n) is 5.94. The third kappa shape index (κ3) is 6.03. The highest BCUT2D eigenvalue weighted by molar-refractivity contribution is 7.10. The van der Waals surface area contributed by atoms with Crippen molar-refractivity contribution in [1.82, 2.24) is 9.80 Å². The number of benzene rings is 2. The predicted octanol–water partition coefficient (Wildman–Crippen LogP) is 5.84. The molecule has 0 spiro atoms. The SMILES string of the molecule is CC(C)CN(CC(=O)N1CCc2sccc2[C@@H]1COc1ccc(Cl)cc1)C(=O)c1ccccc1F. The molecule has 1 aliphatic rings. The van der Waals surface area contributed by atoms with Crippen LogP contribution in [-0.4, -0.2) is 47.9 Å². The van der Waals surface area contributed by atoms with E-state index in [2.05, 4.69) is 0 Å². The molecule has 0 saturated heterocycles. The predicted molar refractivity (Wildman–Crippen MR) is 137 cm³/mol. The molecule has 2 aromatic carbocycles. The van der Waals surface area contributed by atoms with E-state index in [1.807, 2.05) is 25.3 Å². The summed E-state index contributed by atoms with van der Waals surface area (Å²) in [7, 11) is 0. The molecule has 0 bridgehead atoms. The molecular formula is C27H28ClFN2O3S. The Morgan fingerprint density at radius 2 is 1.91 bits per heavy atom. The molecule has 4 rings (SSSR count). The average molecular weight is 515 g/mol.